The number of rotatable bonds is 11. The quantitative estimate of drug-likeness (QED) is 0.186. The van der Waals surface area contributed by atoms with E-state index in [4.69, 9.17) is 14.2 Å². The van der Waals surface area contributed by atoms with Gasteiger partial charge in [0.15, 0.2) is 5.96 Å². The Hall–Kier alpha value is -2.04. The minimum Gasteiger partial charge on any atom is -0.497 e. The van der Waals surface area contributed by atoms with Crippen LogP contribution in [0.4, 0.5) is 0 Å². The third-order valence-electron chi connectivity index (χ3n) is 5.74. The SMILES string of the molecule is CN=C(NCCOCc1ccccc1OC)NCC(c1cccc(OC)c1)N1CCCC1.I. The Bertz CT molecular complexity index is 859. The van der Waals surface area contributed by atoms with Crippen LogP contribution < -0.4 is 20.1 Å². The Kier molecular flexibility index (Phi) is 12.3. The van der Waals surface area contributed by atoms with E-state index in [0.717, 1.165) is 42.7 Å². The van der Waals surface area contributed by atoms with E-state index in [1.54, 1.807) is 21.3 Å². The highest BCUT2D eigenvalue weighted by atomic mass is 127. The normalized spacial score (nSPS) is 14.9. The van der Waals surface area contributed by atoms with Crippen molar-refractivity contribution in [1.82, 2.24) is 15.5 Å². The molecule has 0 saturated carbocycles. The zero-order chi connectivity index (χ0) is 22.6. The number of methoxy groups -OCH3 is 2. The van der Waals surface area contributed by atoms with Crippen LogP contribution in [0.15, 0.2) is 53.5 Å². The number of hydrogen-bond donors (Lipinski definition) is 2. The van der Waals surface area contributed by atoms with Crippen LogP contribution in [0.5, 0.6) is 11.5 Å². The lowest BCUT2D eigenvalue weighted by Gasteiger charge is -2.29. The van der Waals surface area contributed by atoms with Crippen molar-refractivity contribution < 1.29 is 14.2 Å². The Balaban J connectivity index is 0.00000385. The van der Waals surface area contributed by atoms with Gasteiger partial charge in [-0.15, -0.1) is 24.0 Å². The molecule has 1 heterocycles. The molecule has 182 valence electrons. The molecule has 8 heteroatoms. The van der Waals surface area contributed by atoms with Crippen LogP contribution in [0.2, 0.25) is 0 Å². The molecule has 0 radical (unpaired) electrons. The lowest BCUT2D eigenvalue weighted by atomic mass is 10.1. The number of halogens is 1. The molecule has 2 aromatic carbocycles. The van der Waals surface area contributed by atoms with Gasteiger partial charge in [0, 0.05) is 25.7 Å². The largest absolute Gasteiger partial charge is 0.497 e. The number of benzene rings is 2. The van der Waals surface area contributed by atoms with Crippen molar-refractivity contribution in [1.29, 1.82) is 0 Å². The Labute approximate surface area is 214 Å². The molecule has 1 fully saturated rings. The summed E-state index contributed by atoms with van der Waals surface area (Å²) in [7, 11) is 5.18. The number of nitrogens with one attached hydrogen (secondary N) is 2. The molecule has 2 aromatic rings. The van der Waals surface area contributed by atoms with Gasteiger partial charge >= 0.3 is 0 Å². The predicted molar refractivity (Wildman–Crippen MR) is 144 cm³/mol. The molecule has 1 atom stereocenters. The maximum atomic E-state index is 5.81. The minimum absolute atomic E-state index is 0. The van der Waals surface area contributed by atoms with Gasteiger partial charge in [0.05, 0.1) is 33.5 Å². The first-order valence-electron chi connectivity index (χ1n) is 11.3. The third kappa shape index (κ3) is 8.35. The summed E-state index contributed by atoms with van der Waals surface area (Å²) in [6.07, 6.45) is 2.49. The highest BCUT2D eigenvalue weighted by Crippen LogP contribution is 2.27. The molecule has 0 bridgehead atoms. The maximum Gasteiger partial charge on any atom is 0.191 e. The van der Waals surface area contributed by atoms with Crippen LogP contribution in [0.25, 0.3) is 0 Å². The van der Waals surface area contributed by atoms with Gasteiger partial charge in [0.2, 0.25) is 0 Å². The molecule has 3 rings (SSSR count). The monoisotopic (exact) mass is 568 g/mol. The lowest BCUT2D eigenvalue weighted by molar-refractivity contribution is 0.123. The van der Waals surface area contributed by atoms with Crippen LogP contribution in [0.1, 0.15) is 30.0 Å². The van der Waals surface area contributed by atoms with Crippen LogP contribution >= 0.6 is 24.0 Å². The lowest BCUT2D eigenvalue weighted by Crippen LogP contribution is -2.43. The molecule has 0 amide bonds. The maximum absolute atomic E-state index is 5.81. The summed E-state index contributed by atoms with van der Waals surface area (Å²) in [6.45, 7) is 4.77. The molecular formula is C25H37IN4O3. The molecule has 33 heavy (non-hydrogen) atoms. The van der Waals surface area contributed by atoms with Crippen molar-refractivity contribution in [2.24, 2.45) is 4.99 Å². The van der Waals surface area contributed by atoms with Crippen molar-refractivity contribution >= 4 is 29.9 Å². The summed E-state index contributed by atoms with van der Waals surface area (Å²) in [4.78, 5) is 6.91. The van der Waals surface area contributed by atoms with E-state index >= 15 is 0 Å². The number of likely N-dealkylation sites (tertiary alicyclic amines) is 1. The number of aliphatic imine (C=N–C) groups is 1. The zero-order valence-corrected chi connectivity index (χ0v) is 22.2. The number of para-hydroxylation sites is 1. The highest BCUT2D eigenvalue weighted by molar-refractivity contribution is 14.0. The van der Waals surface area contributed by atoms with Crippen LogP contribution in [0, 0.1) is 0 Å². The van der Waals surface area contributed by atoms with Crippen molar-refractivity contribution in [2.75, 3.05) is 54.1 Å². The molecule has 2 N–H and O–H groups in total. The average Bonchev–Trinajstić information content (AvgIpc) is 3.37. The fraction of sp³-hybridized carbons (Fsp3) is 0.480. The molecule has 1 aliphatic rings. The molecule has 0 aromatic heterocycles. The van der Waals surface area contributed by atoms with E-state index in [1.165, 1.54) is 18.4 Å². The van der Waals surface area contributed by atoms with Gasteiger partial charge in [-0.25, -0.2) is 0 Å². The van der Waals surface area contributed by atoms with Crippen molar-refractivity contribution in [3.8, 4) is 11.5 Å². The summed E-state index contributed by atoms with van der Waals surface area (Å²) >= 11 is 0. The van der Waals surface area contributed by atoms with E-state index in [9.17, 15) is 0 Å². The van der Waals surface area contributed by atoms with Crippen LogP contribution in [-0.4, -0.2) is 64.9 Å². The highest BCUT2D eigenvalue weighted by Gasteiger charge is 2.24. The zero-order valence-electron chi connectivity index (χ0n) is 19.9. The van der Waals surface area contributed by atoms with E-state index in [0.29, 0.717) is 19.8 Å². The average molecular weight is 569 g/mol. The van der Waals surface area contributed by atoms with E-state index in [1.807, 2.05) is 30.3 Å². The number of ether oxygens (including phenoxy) is 3. The molecular weight excluding hydrogens is 531 g/mol. The van der Waals surface area contributed by atoms with Crippen LogP contribution in [-0.2, 0) is 11.3 Å². The molecule has 1 saturated heterocycles. The van der Waals surface area contributed by atoms with E-state index < -0.39 is 0 Å². The summed E-state index contributed by atoms with van der Waals surface area (Å²) in [5.74, 6) is 2.52. The molecule has 7 nitrogen and oxygen atoms in total. The summed E-state index contributed by atoms with van der Waals surface area (Å²) in [5, 5.41) is 6.83. The van der Waals surface area contributed by atoms with Crippen molar-refractivity contribution in [3.05, 3.63) is 59.7 Å². The fourth-order valence-corrected chi connectivity index (χ4v) is 4.02. The van der Waals surface area contributed by atoms with Gasteiger partial charge in [0.1, 0.15) is 11.5 Å². The van der Waals surface area contributed by atoms with Crippen molar-refractivity contribution in [3.63, 3.8) is 0 Å². The smallest absolute Gasteiger partial charge is 0.191 e. The minimum atomic E-state index is 0. The predicted octanol–water partition coefficient (Wildman–Crippen LogP) is 3.84. The van der Waals surface area contributed by atoms with E-state index in [-0.39, 0.29) is 30.0 Å². The summed E-state index contributed by atoms with van der Waals surface area (Å²) in [5.41, 5.74) is 2.30. The molecule has 0 aliphatic carbocycles. The third-order valence-corrected chi connectivity index (χ3v) is 5.74. The number of guanidine groups is 1. The standard InChI is InChI=1S/C25H36N4O3.HI/c1-26-25(27-13-16-32-19-21-9-4-5-12-24(21)31-3)28-18-23(29-14-6-7-15-29)20-10-8-11-22(17-20)30-2;/h4-5,8-12,17,23H,6-7,13-16,18-19H2,1-3H3,(H2,26,27,28);1H. The Morgan fingerprint density at radius 3 is 2.55 bits per heavy atom. The number of nitrogens with zero attached hydrogens (tertiary/aromatic N) is 2. The Morgan fingerprint density at radius 2 is 1.82 bits per heavy atom. The van der Waals surface area contributed by atoms with Crippen molar-refractivity contribution in [2.45, 2.75) is 25.5 Å². The fourth-order valence-electron chi connectivity index (χ4n) is 4.02. The molecule has 0 spiro atoms. The van der Waals surface area contributed by atoms with Gasteiger partial charge in [-0.05, 0) is 49.7 Å². The molecule has 1 aliphatic heterocycles. The second kappa shape index (κ2) is 15.0. The first-order valence-corrected chi connectivity index (χ1v) is 11.3. The Morgan fingerprint density at radius 1 is 1.03 bits per heavy atom. The first kappa shape index (κ1) is 27.2. The van der Waals surface area contributed by atoms with Crippen LogP contribution in [0.3, 0.4) is 0 Å². The van der Waals surface area contributed by atoms with Gasteiger partial charge in [-0.3, -0.25) is 9.89 Å². The van der Waals surface area contributed by atoms with Gasteiger partial charge < -0.3 is 24.8 Å². The topological polar surface area (TPSA) is 67.4 Å². The van der Waals surface area contributed by atoms with Gasteiger partial charge in [-0.1, -0.05) is 30.3 Å². The van der Waals surface area contributed by atoms with E-state index in [2.05, 4.69) is 38.7 Å². The second-order valence-electron chi connectivity index (χ2n) is 7.78. The second-order valence-corrected chi connectivity index (χ2v) is 7.78. The number of hydrogen-bond acceptors (Lipinski definition) is 5. The summed E-state index contributed by atoms with van der Waals surface area (Å²) < 4.78 is 16.6. The van der Waals surface area contributed by atoms with Gasteiger partial charge in [0.25, 0.3) is 0 Å². The first-order chi connectivity index (χ1) is 15.7. The van der Waals surface area contributed by atoms with Gasteiger partial charge in [-0.2, -0.15) is 0 Å². The molecule has 1 unspecified atom stereocenters. The summed E-state index contributed by atoms with van der Waals surface area (Å²) in [6, 6.07) is 16.5.